The molecule has 0 unspecified atom stereocenters. The maximum absolute atomic E-state index is 12.1. The van der Waals surface area contributed by atoms with Crippen LogP contribution in [-0.4, -0.2) is 39.6 Å². The molecule has 22 heavy (non-hydrogen) atoms. The SMILES string of the molecule is CON(C)S(=O)(=O)c1ccc(Br)c(C(=O)OCCCC#N)c1. The molecule has 0 radical (unpaired) electrons. The predicted molar refractivity (Wildman–Crippen MR) is 81.2 cm³/mol. The normalized spacial score (nSPS) is 11.2. The number of hydrogen-bond donors (Lipinski definition) is 0. The number of halogens is 1. The summed E-state index contributed by atoms with van der Waals surface area (Å²) in [5, 5.41) is 8.41. The standard InChI is InChI=1S/C13H15BrN2O5S/c1-16(20-2)22(18,19)10-5-6-12(14)11(9-10)13(17)21-8-4-3-7-15/h5-6,9H,3-4,8H2,1-2H3. The molecule has 1 rings (SSSR count). The fourth-order valence-corrected chi connectivity index (χ4v) is 2.87. The lowest BCUT2D eigenvalue weighted by Gasteiger charge is -2.15. The molecular weight excluding hydrogens is 376 g/mol. The van der Waals surface area contributed by atoms with Crippen LogP contribution in [0.2, 0.25) is 0 Å². The lowest BCUT2D eigenvalue weighted by Crippen LogP contribution is -2.26. The summed E-state index contributed by atoms with van der Waals surface area (Å²) in [6.07, 6.45) is 0.700. The van der Waals surface area contributed by atoms with Gasteiger partial charge in [-0.15, -0.1) is 0 Å². The molecule has 120 valence electrons. The van der Waals surface area contributed by atoms with Crippen molar-refractivity contribution in [2.45, 2.75) is 17.7 Å². The van der Waals surface area contributed by atoms with E-state index in [9.17, 15) is 13.2 Å². The van der Waals surface area contributed by atoms with Gasteiger partial charge in [0.1, 0.15) is 0 Å². The van der Waals surface area contributed by atoms with Gasteiger partial charge in [-0.3, -0.25) is 4.84 Å². The van der Waals surface area contributed by atoms with Gasteiger partial charge in [-0.1, -0.05) is 4.47 Å². The van der Waals surface area contributed by atoms with E-state index in [4.69, 9.17) is 10.00 Å². The van der Waals surface area contributed by atoms with E-state index in [1.165, 1.54) is 32.4 Å². The molecule has 0 saturated carbocycles. The molecule has 0 aliphatic rings. The minimum absolute atomic E-state index is 0.0857. The van der Waals surface area contributed by atoms with E-state index in [-0.39, 0.29) is 23.5 Å². The third-order valence-electron chi connectivity index (χ3n) is 2.72. The van der Waals surface area contributed by atoms with Gasteiger partial charge >= 0.3 is 5.97 Å². The number of ether oxygens (including phenoxy) is 1. The highest BCUT2D eigenvalue weighted by molar-refractivity contribution is 9.10. The van der Waals surface area contributed by atoms with Crippen LogP contribution in [-0.2, 0) is 19.6 Å². The summed E-state index contributed by atoms with van der Waals surface area (Å²) in [6, 6.07) is 5.95. The topological polar surface area (TPSA) is 96.7 Å². The molecule has 0 heterocycles. The van der Waals surface area contributed by atoms with E-state index in [1.807, 2.05) is 6.07 Å². The summed E-state index contributed by atoms with van der Waals surface area (Å²) >= 11 is 3.18. The van der Waals surface area contributed by atoms with E-state index < -0.39 is 16.0 Å². The number of nitrogens with zero attached hydrogens (tertiary/aromatic N) is 2. The molecule has 0 bridgehead atoms. The Balaban J connectivity index is 3.00. The number of nitriles is 1. The van der Waals surface area contributed by atoms with Crippen LogP contribution >= 0.6 is 15.9 Å². The lowest BCUT2D eigenvalue weighted by molar-refractivity contribution is -0.0258. The molecule has 0 fully saturated rings. The summed E-state index contributed by atoms with van der Waals surface area (Å²) in [5.41, 5.74) is 0.0857. The van der Waals surface area contributed by atoms with Crippen molar-refractivity contribution in [3.8, 4) is 6.07 Å². The van der Waals surface area contributed by atoms with Gasteiger partial charge < -0.3 is 4.74 Å². The van der Waals surface area contributed by atoms with Crippen LogP contribution in [0.4, 0.5) is 0 Å². The van der Waals surface area contributed by atoms with Crippen molar-refractivity contribution >= 4 is 31.9 Å². The summed E-state index contributed by atoms with van der Waals surface area (Å²) in [7, 11) is -1.38. The average molecular weight is 391 g/mol. The van der Waals surface area contributed by atoms with Crippen LogP contribution < -0.4 is 0 Å². The third-order valence-corrected chi connectivity index (χ3v) is 5.08. The van der Waals surface area contributed by atoms with Crippen molar-refractivity contribution in [3.05, 3.63) is 28.2 Å². The van der Waals surface area contributed by atoms with Gasteiger partial charge in [0.15, 0.2) is 0 Å². The maximum atomic E-state index is 12.1. The summed E-state index contributed by atoms with van der Waals surface area (Å²) in [4.78, 5) is 16.6. The molecule has 0 aromatic heterocycles. The summed E-state index contributed by atoms with van der Waals surface area (Å²) in [6.45, 7) is 0.0911. The molecule has 0 amide bonds. The van der Waals surface area contributed by atoms with Gasteiger partial charge in [0.2, 0.25) is 0 Å². The number of benzene rings is 1. The number of sulfonamides is 1. The second-order valence-corrected chi connectivity index (χ2v) is 6.93. The van der Waals surface area contributed by atoms with Gasteiger partial charge in [-0.2, -0.15) is 5.26 Å². The first kappa shape index (κ1) is 18.6. The molecule has 0 spiro atoms. The Bertz CT molecular complexity index is 684. The first-order valence-electron chi connectivity index (χ1n) is 6.21. The van der Waals surface area contributed by atoms with Crippen LogP contribution in [0.25, 0.3) is 0 Å². The number of carbonyl (C=O) groups excluding carboxylic acids is 1. The zero-order chi connectivity index (χ0) is 16.8. The molecular formula is C13H15BrN2O5S. The van der Waals surface area contributed by atoms with Crippen molar-refractivity contribution in [2.75, 3.05) is 20.8 Å². The van der Waals surface area contributed by atoms with Crippen molar-refractivity contribution in [2.24, 2.45) is 0 Å². The first-order chi connectivity index (χ1) is 10.3. The lowest BCUT2D eigenvalue weighted by atomic mass is 10.2. The Hall–Kier alpha value is -1.47. The average Bonchev–Trinajstić information content (AvgIpc) is 2.50. The highest BCUT2D eigenvalue weighted by Crippen LogP contribution is 2.23. The summed E-state index contributed by atoms with van der Waals surface area (Å²) in [5.74, 6) is -0.665. The number of unbranched alkanes of at least 4 members (excludes halogenated alkanes) is 1. The largest absolute Gasteiger partial charge is 0.462 e. The fourth-order valence-electron chi connectivity index (χ4n) is 1.46. The molecule has 7 nitrogen and oxygen atoms in total. The van der Waals surface area contributed by atoms with E-state index in [2.05, 4.69) is 20.8 Å². The van der Waals surface area contributed by atoms with Crippen molar-refractivity contribution in [3.63, 3.8) is 0 Å². The highest BCUT2D eigenvalue weighted by atomic mass is 79.9. The smallest absolute Gasteiger partial charge is 0.339 e. The zero-order valence-corrected chi connectivity index (χ0v) is 14.5. The molecule has 0 atom stereocenters. The Morgan fingerprint density at radius 1 is 1.45 bits per heavy atom. The Kier molecular flexibility index (Phi) is 6.96. The number of hydrogen-bond acceptors (Lipinski definition) is 6. The maximum Gasteiger partial charge on any atom is 0.339 e. The number of hydroxylamine groups is 1. The molecule has 1 aromatic rings. The fraction of sp³-hybridized carbons (Fsp3) is 0.385. The number of rotatable bonds is 7. The van der Waals surface area contributed by atoms with Crippen molar-refractivity contribution in [1.29, 1.82) is 5.26 Å². The Labute approximate surface area is 137 Å². The zero-order valence-electron chi connectivity index (χ0n) is 12.1. The van der Waals surface area contributed by atoms with Crippen LogP contribution in [0.5, 0.6) is 0 Å². The quantitative estimate of drug-likeness (QED) is 0.401. The van der Waals surface area contributed by atoms with Gasteiger partial charge in [0.05, 0.1) is 30.2 Å². The van der Waals surface area contributed by atoms with E-state index in [1.54, 1.807) is 0 Å². The molecule has 1 aromatic carbocycles. The van der Waals surface area contributed by atoms with Crippen LogP contribution in [0.1, 0.15) is 23.2 Å². The molecule has 0 aliphatic carbocycles. The first-order valence-corrected chi connectivity index (χ1v) is 8.44. The second kappa shape index (κ2) is 8.24. The van der Waals surface area contributed by atoms with Crippen LogP contribution in [0.3, 0.4) is 0 Å². The number of esters is 1. The van der Waals surface area contributed by atoms with Gasteiger partial charge in [0.25, 0.3) is 10.0 Å². The Morgan fingerprint density at radius 2 is 2.14 bits per heavy atom. The van der Waals surface area contributed by atoms with E-state index in [0.717, 1.165) is 0 Å². The van der Waals surface area contributed by atoms with E-state index in [0.29, 0.717) is 15.4 Å². The van der Waals surface area contributed by atoms with Gasteiger partial charge in [-0.25, -0.2) is 13.2 Å². The molecule has 0 aliphatic heterocycles. The molecule has 0 saturated heterocycles. The molecule has 0 N–H and O–H groups in total. The minimum atomic E-state index is -3.85. The van der Waals surface area contributed by atoms with Crippen LogP contribution in [0.15, 0.2) is 27.6 Å². The minimum Gasteiger partial charge on any atom is -0.462 e. The highest BCUT2D eigenvalue weighted by Gasteiger charge is 2.23. The monoisotopic (exact) mass is 390 g/mol. The predicted octanol–water partition coefficient (Wildman–Crippen LogP) is 2.09. The Morgan fingerprint density at radius 3 is 2.73 bits per heavy atom. The van der Waals surface area contributed by atoms with Crippen molar-refractivity contribution in [1.82, 2.24) is 4.47 Å². The van der Waals surface area contributed by atoms with Gasteiger partial charge in [-0.05, 0) is 40.5 Å². The number of carbonyl (C=O) groups is 1. The second-order valence-electron chi connectivity index (χ2n) is 4.14. The van der Waals surface area contributed by atoms with E-state index >= 15 is 0 Å². The van der Waals surface area contributed by atoms with Crippen LogP contribution in [0, 0.1) is 11.3 Å². The van der Waals surface area contributed by atoms with Crippen molar-refractivity contribution < 1.29 is 22.8 Å². The van der Waals surface area contributed by atoms with Gasteiger partial charge in [0, 0.05) is 17.9 Å². The third kappa shape index (κ3) is 4.51. The molecule has 9 heteroatoms. The summed E-state index contributed by atoms with van der Waals surface area (Å²) < 4.78 is 30.4.